The standard InChI is InChI=1S/C22H34N6/c1-18(2)16-21(22-23-24-25-28(22)20-10-6-7-11-20)27-14-12-26(13-15-27)17-19-8-4-3-5-9-19/h3-5,8-9,18,20-21H,6-7,10-17H2,1-2H3. The Labute approximate surface area is 168 Å². The summed E-state index contributed by atoms with van der Waals surface area (Å²) in [5.74, 6) is 1.72. The van der Waals surface area contributed by atoms with Crippen LogP contribution in [0.25, 0.3) is 0 Å². The van der Waals surface area contributed by atoms with Gasteiger partial charge >= 0.3 is 0 Å². The van der Waals surface area contributed by atoms with Gasteiger partial charge in [-0.25, -0.2) is 4.68 Å². The van der Waals surface area contributed by atoms with Crippen molar-refractivity contribution in [3.05, 3.63) is 41.7 Å². The molecule has 2 fully saturated rings. The molecule has 1 saturated carbocycles. The van der Waals surface area contributed by atoms with E-state index in [1.165, 1.54) is 31.2 Å². The summed E-state index contributed by atoms with van der Waals surface area (Å²) in [6, 6.07) is 11.6. The summed E-state index contributed by atoms with van der Waals surface area (Å²) in [7, 11) is 0. The largest absolute Gasteiger partial charge is 0.297 e. The van der Waals surface area contributed by atoms with Crippen molar-refractivity contribution in [3.8, 4) is 0 Å². The first-order valence-corrected chi connectivity index (χ1v) is 11.0. The van der Waals surface area contributed by atoms with Crippen molar-refractivity contribution < 1.29 is 0 Å². The summed E-state index contributed by atoms with van der Waals surface area (Å²) in [5, 5.41) is 13.0. The second kappa shape index (κ2) is 9.14. The molecule has 28 heavy (non-hydrogen) atoms. The normalized spacial score (nSPS) is 20.8. The highest BCUT2D eigenvalue weighted by Gasteiger charge is 2.32. The van der Waals surface area contributed by atoms with Crippen molar-refractivity contribution in [2.24, 2.45) is 5.92 Å². The number of hydrogen-bond donors (Lipinski definition) is 0. The number of aromatic nitrogens is 4. The monoisotopic (exact) mass is 382 g/mol. The maximum absolute atomic E-state index is 4.52. The molecule has 0 N–H and O–H groups in total. The molecule has 4 rings (SSSR count). The van der Waals surface area contributed by atoms with Crippen LogP contribution in [-0.4, -0.2) is 56.2 Å². The number of benzene rings is 1. The fourth-order valence-electron chi connectivity index (χ4n) is 4.77. The lowest BCUT2D eigenvalue weighted by molar-refractivity contribution is 0.0759. The highest BCUT2D eigenvalue weighted by molar-refractivity contribution is 5.14. The topological polar surface area (TPSA) is 50.1 Å². The molecule has 1 aliphatic heterocycles. The number of piperazine rings is 1. The Kier molecular flexibility index (Phi) is 6.37. The van der Waals surface area contributed by atoms with Crippen LogP contribution >= 0.6 is 0 Å². The molecule has 1 aromatic carbocycles. The highest BCUT2D eigenvalue weighted by Crippen LogP contribution is 2.34. The fourth-order valence-corrected chi connectivity index (χ4v) is 4.77. The SMILES string of the molecule is CC(C)CC(c1nnnn1C1CCCC1)N1CCN(Cc2ccccc2)CC1. The zero-order valence-electron chi connectivity index (χ0n) is 17.4. The fraction of sp³-hybridized carbons (Fsp3) is 0.682. The van der Waals surface area contributed by atoms with Crippen LogP contribution in [0.3, 0.4) is 0 Å². The van der Waals surface area contributed by atoms with Gasteiger partial charge in [-0.2, -0.15) is 0 Å². The predicted molar refractivity (Wildman–Crippen MR) is 111 cm³/mol. The van der Waals surface area contributed by atoms with Gasteiger partial charge < -0.3 is 0 Å². The van der Waals surface area contributed by atoms with Gasteiger partial charge in [-0.05, 0) is 41.2 Å². The zero-order chi connectivity index (χ0) is 19.3. The van der Waals surface area contributed by atoms with Crippen LogP contribution in [0.15, 0.2) is 30.3 Å². The lowest BCUT2D eigenvalue weighted by Crippen LogP contribution is -2.48. The van der Waals surface area contributed by atoms with E-state index in [0.717, 1.165) is 45.0 Å². The smallest absolute Gasteiger partial charge is 0.168 e. The van der Waals surface area contributed by atoms with Crippen molar-refractivity contribution in [2.45, 2.75) is 64.6 Å². The summed E-state index contributed by atoms with van der Waals surface area (Å²) in [6.07, 6.45) is 6.16. The van der Waals surface area contributed by atoms with E-state index >= 15 is 0 Å². The molecule has 0 radical (unpaired) electrons. The van der Waals surface area contributed by atoms with Gasteiger partial charge in [-0.1, -0.05) is 57.0 Å². The molecule has 2 heterocycles. The van der Waals surface area contributed by atoms with Crippen LogP contribution in [0, 0.1) is 5.92 Å². The maximum Gasteiger partial charge on any atom is 0.168 e. The molecule has 6 nitrogen and oxygen atoms in total. The van der Waals surface area contributed by atoms with E-state index in [-0.39, 0.29) is 0 Å². The van der Waals surface area contributed by atoms with E-state index in [9.17, 15) is 0 Å². The van der Waals surface area contributed by atoms with Gasteiger partial charge in [0, 0.05) is 32.7 Å². The minimum absolute atomic E-state index is 0.328. The molecule has 0 spiro atoms. The van der Waals surface area contributed by atoms with E-state index in [1.54, 1.807) is 0 Å². The van der Waals surface area contributed by atoms with E-state index in [4.69, 9.17) is 0 Å². The van der Waals surface area contributed by atoms with E-state index in [1.807, 2.05) is 0 Å². The maximum atomic E-state index is 4.52. The number of rotatable bonds is 7. The highest BCUT2D eigenvalue weighted by atomic mass is 15.6. The Morgan fingerprint density at radius 2 is 1.71 bits per heavy atom. The Hall–Kier alpha value is -1.79. The average molecular weight is 383 g/mol. The lowest BCUT2D eigenvalue weighted by atomic mass is 10.0. The van der Waals surface area contributed by atoms with Crippen LogP contribution in [-0.2, 0) is 6.54 Å². The van der Waals surface area contributed by atoms with Crippen molar-refractivity contribution in [2.75, 3.05) is 26.2 Å². The van der Waals surface area contributed by atoms with Crippen LogP contribution in [0.4, 0.5) is 0 Å². The first kappa shape index (κ1) is 19.5. The molecule has 1 atom stereocenters. The Morgan fingerprint density at radius 1 is 1.00 bits per heavy atom. The van der Waals surface area contributed by atoms with Crippen molar-refractivity contribution in [1.82, 2.24) is 30.0 Å². The number of nitrogens with zero attached hydrogens (tertiary/aromatic N) is 6. The summed E-state index contributed by atoms with van der Waals surface area (Å²) in [5.41, 5.74) is 1.40. The van der Waals surface area contributed by atoms with Gasteiger partial charge in [-0.15, -0.1) is 5.10 Å². The van der Waals surface area contributed by atoms with E-state index < -0.39 is 0 Å². The molecule has 1 unspecified atom stereocenters. The second-order valence-corrected chi connectivity index (χ2v) is 8.86. The van der Waals surface area contributed by atoms with E-state index in [2.05, 4.69) is 74.2 Å². The third-order valence-corrected chi connectivity index (χ3v) is 6.28. The third kappa shape index (κ3) is 4.61. The molecule has 2 aromatic rings. The second-order valence-electron chi connectivity index (χ2n) is 8.86. The van der Waals surface area contributed by atoms with Crippen LogP contribution < -0.4 is 0 Å². The average Bonchev–Trinajstić information content (AvgIpc) is 3.39. The van der Waals surface area contributed by atoms with Crippen molar-refractivity contribution in [1.29, 1.82) is 0 Å². The van der Waals surface area contributed by atoms with Crippen LogP contribution in [0.2, 0.25) is 0 Å². The molecule has 1 aromatic heterocycles. The van der Waals surface area contributed by atoms with Gasteiger partial charge in [0.05, 0.1) is 12.1 Å². The molecular weight excluding hydrogens is 348 g/mol. The Balaban J connectivity index is 1.43. The molecule has 152 valence electrons. The molecule has 1 saturated heterocycles. The molecule has 0 bridgehead atoms. The summed E-state index contributed by atoms with van der Waals surface area (Å²) < 4.78 is 2.16. The Bertz CT molecular complexity index is 714. The van der Waals surface area contributed by atoms with E-state index in [0.29, 0.717) is 18.0 Å². The minimum atomic E-state index is 0.328. The molecule has 6 heteroatoms. The van der Waals surface area contributed by atoms with Gasteiger partial charge in [0.2, 0.25) is 0 Å². The lowest BCUT2D eigenvalue weighted by Gasteiger charge is -2.39. The van der Waals surface area contributed by atoms with Gasteiger partial charge in [0.15, 0.2) is 5.82 Å². The molecular formula is C22H34N6. The molecule has 0 amide bonds. The summed E-state index contributed by atoms with van der Waals surface area (Å²) in [6.45, 7) is 10.0. The first-order chi connectivity index (χ1) is 13.7. The van der Waals surface area contributed by atoms with Gasteiger partial charge in [0.25, 0.3) is 0 Å². The van der Waals surface area contributed by atoms with Crippen LogP contribution in [0.1, 0.15) is 69.4 Å². The first-order valence-electron chi connectivity index (χ1n) is 11.0. The molecule has 2 aliphatic rings. The van der Waals surface area contributed by atoms with Crippen LogP contribution in [0.5, 0.6) is 0 Å². The van der Waals surface area contributed by atoms with Gasteiger partial charge in [-0.3, -0.25) is 9.80 Å². The zero-order valence-corrected chi connectivity index (χ0v) is 17.4. The minimum Gasteiger partial charge on any atom is -0.297 e. The summed E-state index contributed by atoms with van der Waals surface area (Å²) in [4.78, 5) is 5.19. The van der Waals surface area contributed by atoms with Crippen molar-refractivity contribution in [3.63, 3.8) is 0 Å². The molecule has 1 aliphatic carbocycles. The summed E-state index contributed by atoms with van der Waals surface area (Å²) >= 11 is 0. The quantitative estimate of drug-likeness (QED) is 0.731. The van der Waals surface area contributed by atoms with Gasteiger partial charge in [0.1, 0.15) is 0 Å². The Morgan fingerprint density at radius 3 is 2.39 bits per heavy atom. The predicted octanol–water partition coefficient (Wildman–Crippen LogP) is 3.69. The number of hydrogen-bond acceptors (Lipinski definition) is 5. The van der Waals surface area contributed by atoms with Crippen molar-refractivity contribution >= 4 is 0 Å². The third-order valence-electron chi connectivity index (χ3n) is 6.28. The number of tetrazole rings is 1.